The summed E-state index contributed by atoms with van der Waals surface area (Å²) in [4.78, 5) is 0. The Morgan fingerprint density at radius 3 is 2.88 bits per heavy atom. The fourth-order valence-corrected chi connectivity index (χ4v) is 2.51. The zero-order chi connectivity index (χ0) is 5.40. The minimum atomic E-state index is 0.655. The van der Waals surface area contributed by atoms with Gasteiger partial charge in [-0.3, -0.25) is 0 Å². The molecule has 1 nitrogen and oxygen atoms in total. The van der Waals surface area contributed by atoms with Gasteiger partial charge in [-0.15, -0.1) is 0 Å². The lowest BCUT2D eigenvalue weighted by Crippen LogP contribution is -2.04. The molecule has 2 heterocycles. The second-order valence-electron chi connectivity index (χ2n) is 2.42. The molecule has 2 saturated heterocycles. The van der Waals surface area contributed by atoms with Crippen molar-refractivity contribution >= 4 is 11.8 Å². The maximum atomic E-state index is 5.17. The summed E-state index contributed by atoms with van der Waals surface area (Å²) in [5, 5.41) is 0.870. The van der Waals surface area contributed by atoms with Crippen molar-refractivity contribution in [2.24, 2.45) is 0 Å². The van der Waals surface area contributed by atoms with Crippen LogP contribution in [0.1, 0.15) is 12.8 Å². The van der Waals surface area contributed by atoms with E-state index in [0.717, 1.165) is 11.9 Å². The van der Waals surface area contributed by atoms with E-state index in [2.05, 4.69) is 11.8 Å². The molecule has 2 rings (SSSR count). The normalized spacial score (nSPS) is 45.0. The van der Waals surface area contributed by atoms with Crippen LogP contribution in [0.15, 0.2) is 0 Å². The number of ether oxygens (including phenoxy) is 1. The minimum absolute atomic E-state index is 0.655. The van der Waals surface area contributed by atoms with E-state index in [4.69, 9.17) is 4.74 Å². The Kier molecular flexibility index (Phi) is 1.23. The quantitative estimate of drug-likeness (QED) is 0.496. The Morgan fingerprint density at radius 1 is 1.50 bits per heavy atom. The summed E-state index contributed by atoms with van der Waals surface area (Å²) in [5.41, 5.74) is 0. The third-order valence-electron chi connectivity index (χ3n) is 1.74. The Morgan fingerprint density at radius 2 is 2.38 bits per heavy atom. The van der Waals surface area contributed by atoms with Gasteiger partial charge in [-0.2, -0.15) is 11.8 Å². The van der Waals surface area contributed by atoms with Crippen LogP contribution in [-0.4, -0.2) is 23.7 Å². The molecule has 0 aromatic carbocycles. The Balaban J connectivity index is 1.86. The van der Waals surface area contributed by atoms with E-state index >= 15 is 0 Å². The highest BCUT2D eigenvalue weighted by atomic mass is 32.2. The average Bonchev–Trinajstić information content (AvgIpc) is 2.49. The number of rotatable bonds is 1. The lowest BCUT2D eigenvalue weighted by atomic mass is 10.2. The van der Waals surface area contributed by atoms with Crippen molar-refractivity contribution in [2.75, 3.05) is 12.4 Å². The Hall–Kier alpha value is 0.310. The molecule has 0 radical (unpaired) electrons. The van der Waals surface area contributed by atoms with Crippen molar-refractivity contribution < 1.29 is 4.74 Å². The Bertz CT molecular complexity index is 84.5. The standard InChI is InChI=1S/C6H10OS/c1-2-6(8-3-1)5-4-7-5/h5-6H,1-4H2. The summed E-state index contributed by atoms with van der Waals surface area (Å²) in [6.07, 6.45) is 3.47. The zero-order valence-electron chi connectivity index (χ0n) is 4.80. The topological polar surface area (TPSA) is 12.5 Å². The van der Waals surface area contributed by atoms with Crippen LogP contribution in [-0.2, 0) is 4.74 Å². The monoisotopic (exact) mass is 130 g/mol. The lowest BCUT2D eigenvalue weighted by molar-refractivity contribution is 0.399. The van der Waals surface area contributed by atoms with Gasteiger partial charge < -0.3 is 4.74 Å². The molecule has 8 heavy (non-hydrogen) atoms. The van der Waals surface area contributed by atoms with Gasteiger partial charge in [0.05, 0.1) is 12.7 Å². The van der Waals surface area contributed by atoms with E-state index in [-0.39, 0.29) is 0 Å². The molecule has 0 N–H and O–H groups in total. The molecule has 2 unspecified atom stereocenters. The van der Waals surface area contributed by atoms with Crippen molar-refractivity contribution in [1.29, 1.82) is 0 Å². The first-order valence-corrected chi connectivity index (χ1v) is 4.25. The SMILES string of the molecule is C1CSC(C2CO2)C1. The number of hydrogen-bond acceptors (Lipinski definition) is 2. The third-order valence-corrected chi connectivity index (χ3v) is 3.23. The van der Waals surface area contributed by atoms with Crippen molar-refractivity contribution in [3.63, 3.8) is 0 Å². The van der Waals surface area contributed by atoms with Crippen molar-refractivity contribution in [3.8, 4) is 0 Å². The molecule has 0 aromatic rings. The van der Waals surface area contributed by atoms with Crippen LogP contribution < -0.4 is 0 Å². The summed E-state index contributed by atoms with van der Waals surface area (Å²) in [6.45, 7) is 1.04. The van der Waals surface area contributed by atoms with E-state index in [0.29, 0.717) is 6.10 Å². The van der Waals surface area contributed by atoms with Crippen molar-refractivity contribution in [3.05, 3.63) is 0 Å². The third kappa shape index (κ3) is 0.869. The van der Waals surface area contributed by atoms with Crippen LogP contribution in [0, 0.1) is 0 Å². The van der Waals surface area contributed by atoms with E-state index in [1.54, 1.807) is 0 Å². The van der Waals surface area contributed by atoms with E-state index in [1.807, 2.05) is 0 Å². The fraction of sp³-hybridized carbons (Fsp3) is 1.00. The molecule has 2 atom stereocenters. The summed E-state index contributed by atoms with van der Waals surface area (Å²) in [5.74, 6) is 1.37. The fourth-order valence-electron chi connectivity index (χ4n) is 1.17. The molecule has 0 aliphatic carbocycles. The first kappa shape index (κ1) is 5.12. The summed E-state index contributed by atoms with van der Waals surface area (Å²) >= 11 is 2.09. The van der Waals surface area contributed by atoms with Crippen LogP contribution in [0.4, 0.5) is 0 Å². The Labute approximate surface area is 53.8 Å². The molecule has 0 spiro atoms. The average molecular weight is 130 g/mol. The number of hydrogen-bond donors (Lipinski definition) is 0. The molecule has 0 saturated carbocycles. The van der Waals surface area contributed by atoms with Gasteiger partial charge >= 0.3 is 0 Å². The van der Waals surface area contributed by atoms with Crippen molar-refractivity contribution in [2.45, 2.75) is 24.2 Å². The maximum Gasteiger partial charge on any atom is 0.0928 e. The molecule has 46 valence electrons. The molecule has 2 heteroatoms. The highest BCUT2D eigenvalue weighted by Crippen LogP contribution is 2.34. The maximum absolute atomic E-state index is 5.17. The van der Waals surface area contributed by atoms with E-state index < -0.39 is 0 Å². The highest BCUT2D eigenvalue weighted by molar-refractivity contribution is 8.00. The highest BCUT2D eigenvalue weighted by Gasteiger charge is 2.34. The van der Waals surface area contributed by atoms with Crippen molar-refractivity contribution in [1.82, 2.24) is 0 Å². The van der Waals surface area contributed by atoms with Gasteiger partial charge in [0, 0.05) is 5.25 Å². The van der Waals surface area contributed by atoms with E-state index in [9.17, 15) is 0 Å². The zero-order valence-corrected chi connectivity index (χ0v) is 5.62. The first-order valence-electron chi connectivity index (χ1n) is 3.20. The smallest absolute Gasteiger partial charge is 0.0928 e. The van der Waals surface area contributed by atoms with Gasteiger partial charge in [0.15, 0.2) is 0 Å². The molecule has 0 amide bonds. The second-order valence-corrected chi connectivity index (χ2v) is 3.77. The van der Waals surface area contributed by atoms with Gasteiger partial charge in [0.2, 0.25) is 0 Å². The predicted octanol–water partition coefficient (Wildman–Crippen LogP) is 1.28. The van der Waals surface area contributed by atoms with Crippen LogP contribution in [0.3, 0.4) is 0 Å². The van der Waals surface area contributed by atoms with Crippen LogP contribution in [0.25, 0.3) is 0 Å². The number of thioether (sulfide) groups is 1. The first-order chi connectivity index (χ1) is 3.97. The van der Waals surface area contributed by atoms with Gasteiger partial charge in [0.25, 0.3) is 0 Å². The van der Waals surface area contributed by atoms with Gasteiger partial charge in [-0.25, -0.2) is 0 Å². The molecular formula is C6H10OS. The summed E-state index contributed by atoms with van der Waals surface area (Å²) in [7, 11) is 0. The van der Waals surface area contributed by atoms with Gasteiger partial charge in [-0.1, -0.05) is 0 Å². The van der Waals surface area contributed by atoms with Crippen LogP contribution in [0.2, 0.25) is 0 Å². The van der Waals surface area contributed by atoms with Gasteiger partial charge in [-0.05, 0) is 18.6 Å². The largest absolute Gasteiger partial charge is 0.372 e. The molecule has 0 aromatic heterocycles. The molecule has 2 aliphatic rings. The molecule has 2 aliphatic heterocycles. The lowest BCUT2D eigenvalue weighted by Gasteiger charge is -1.99. The van der Waals surface area contributed by atoms with E-state index in [1.165, 1.54) is 18.6 Å². The molecular weight excluding hydrogens is 120 g/mol. The predicted molar refractivity (Wildman–Crippen MR) is 35.2 cm³/mol. The minimum Gasteiger partial charge on any atom is -0.372 e. The van der Waals surface area contributed by atoms with Crippen LogP contribution >= 0.6 is 11.8 Å². The number of epoxide rings is 1. The molecule has 0 bridgehead atoms. The van der Waals surface area contributed by atoms with Gasteiger partial charge in [0.1, 0.15) is 0 Å². The van der Waals surface area contributed by atoms with Crippen LogP contribution in [0.5, 0.6) is 0 Å². The second kappa shape index (κ2) is 1.92. The summed E-state index contributed by atoms with van der Waals surface area (Å²) < 4.78 is 5.17. The molecule has 2 fully saturated rings. The summed E-state index contributed by atoms with van der Waals surface area (Å²) in [6, 6.07) is 0.